The Morgan fingerprint density at radius 2 is 1.75 bits per heavy atom. The van der Waals surface area contributed by atoms with E-state index in [0.717, 1.165) is 0 Å². The van der Waals surface area contributed by atoms with Gasteiger partial charge in [0.1, 0.15) is 5.69 Å². The monoisotopic (exact) mass is 328 g/mol. The van der Waals surface area contributed by atoms with Gasteiger partial charge in [-0.15, -0.1) is 0 Å². The van der Waals surface area contributed by atoms with Crippen molar-refractivity contribution in [2.75, 3.05) is 18.4 Å². The summed E-state index contributed by atoms with van der Waals surface area (Å²) < 4.78 is 0. The summed E-state index contributed by atoms with van der Waals surface area (Å²) in [5.41, 5.74) is 5.67. The summed E-state index contributed by atoms with van der Waals surface area (Å²) in [4.78, 5) is 33.6. The molecule has 24 heavy (non-hydrogen) atoms. The zero-order valence-electron chi connectivity index (χ0n) is 12.7. The Hall–Kier alpha value is -3.42. The molecule has 124 valence electrons. The van der Waals surface area contributed by atoms with Crippen LogP contribution in [0.15, 0.2) is 48.5 Å². The minimum absolute atomic E-state index is 0.212. The van der Waals surface area contributed by atoms with E-state index in [9.17, 15) is 19.7 Å². The number of rotatable bonds is 7. The largest absolute Gasteiger partial charge is 0.378 e. The molecule has 0 fully saturated rings. The van der Waals surface area contributed by atoms with Crippen LogP contribution < -0.4 is 16.4 Å². The number of amides is 2. The molecule has 2 amide bonds. The average molecular weight is 328 g/mol. The topological polar surface area (TPSA) is 127 Å². The second-order valence-electron chi connectivity index (χ2n) is 4.90. The summed E-state index contributed by atoms with van der Waals surface area (Å²) in [7, 11) is 0. The van der Waals surface area contributed by atoms with E-state index >= 15 is 0 Å². The molecule has 4 N–H and O–H groups in total. The van der Waals surface area contributed by atoms with Crippen LogP contribution in [0.5, 0.6) is 0 Å². The number of carbonyl (C=O) groups excluding carboxylic acids is 2. The fourth-order valence-electron chi connectivity index (χ4n) is 2.11. The molecular formula is C16H16N4O4. The fourth-order valence-corrected chi connectivity index (χ4v) is 2.11. The van der Waals surface area contributed by atoms with Gasteiger partial charge in [-0.1, -0.05) is 30.3 Å². The molecule has 0 saturated heterocycles. The number of benzene rings is 2. The van der Waals surface area contributed by atoms with E-state index in [0.29, 0.717) is 5.56 Å². The third kappa shape index (κ3) is 4.29. The number of carbonyl (C=O) groups is 2. The first-order valence-electron chi connectivity index (χ1n) is 7.14. The van der Waals surface area contributed by atoms with Gasteiger partial charge in [-0.05, 0) is 12.1 Å². The van der Waals surface area contributed by atoms with E-state index in [1.807, 2.05) is 0 Å². The number of anilines is 1. The summed E-state index contributed by atoms with van der Waals surface area (Å²) in [5, 5.41) is 16.4. The molecule has 2 rings (SSSR count). The molecule has 0 spiro atoms. The maximum absolute atomic E-state index is 12.4. The average Bonchev–Trinajstić information content (AvgIpc) is 2.58. The standard InChI is InChI=1S/C16H16N4O4/c17-16(22)19-9-8-18-13-7-6-12(10-14(13)20(23)24)15(21)11-4-2-1-3-5-11/h1-7,10,18H,8-9H2,(H3,17,19,22). The molecule has 0 aliphatic heterocycles. The molecule has 0 aliphatic rings. The molecule has 0 unspecified atom stereocenters. The van der Waals surface area contributed by atoms with Crippen molar-refractivity contribution in [3.63, 3.8) is 0 Å². The van der Waals surface area contributed by atoms with Crippen LogP contribution in [0, 0.1) is 10.1 Å². The fraction of sp³-hybridized carbons (Fsp3) is 0.125. The van der Waals surface area contributed by atoms with Crippen molar-refractivity contribution in [1.82, 2.24) is 5.32 Å². The Morgan fingerprint density at radius 3 is 2.38 bits per heavy atom. The van der Waals surface area contributed by atoms with Gasteiger partial charge >= 0.3 is 6.03 Å². The summed E-state index contributed by atoms with van der Waals surface area (Å²) in [6, 6.07) is 12.1. The Kier molecular flexibility index (Phi) is 5.45. The Bertz CT molecular complexity index is 762. The molecule has 2 aromatic carbocycles. The lowest BCUT2D eigenvalue weighted by Gasteiger charge is -2.09. The molecule has 0 saturated carbocycles. The molecule has 0 bridgehead atoms. The van der Waals surface area contributed by atoms with Crippen LogP contribution in [0.2, 0.25) is 0 Å². The van der Waals surface area contributed by atoms with E-state index in [4.69, 9.17) is 5.73 Å². The van der Waals surface area contributed by atoms with Crippen LogP contribution in [0.4, 0.5) is 16.2 Å². The summed E-state index contributed by atoms with van der Waals surface area (Å²) in [6.45, 7) is 0.479. The van der Waals surface area contributed by atoms with E-state index in [2.05, 4.69) is 10.6 Å². The maximum atomic E-state index is 12.4. The Balaban J connectivity index is 2.19. The van der Waals surface area contributed by atoms with Crippen LogP contribution >= 0.6 is 0 Å². The molecule has 2 aromatic rings. The molecule has 8 nitrogen and oxygen atoms in total. The van der Waals surface area contributed by atoms with Crippen LogP contribution in [-0.4, -0.2) is 29.8 Å². The zero-order valence-corrected chi connectivity index (χ0v) is 12.7. The first-order valence-corrected chi connectivity index (χ1v) is 7.14. The van der Waals surface area contributed by atoms with Crippen molar-refractivity contribution in [3.05, 3.63) is 69.8 Å². The molecule has 0 heterocycles. The number of primary amides is 1. The molecular weight excluding hydrogens is 312 g/mol. The van der Waals surface area contributed by atoms with Crippen molar-refractivity contribution in [3.8, 4) is 0 Å². The molecule has 0 aromatic heterocycles. The van der Waals surface area contributed by atoms with Gasteiger partial charge in [-0.25, -0.2) is 4.79 Å². The highest BCUT2D eigenvalue weighted by Crippen LogP contribution is 2.26. The van der Waals surface area contributed by atoms with Gasteiger partial charge < -0.3 is 16.4 Å². The highest BCUT2D eigenvalue weighted by atomic mass is 16.6. The minimum Gasteiger partial charge on any atom is -0.378 e. The number of nitrogens with zero attached hydrogens (tertiary/aromatic N) is 1. The van der Waals surface area contributed by atoms with Crippen molar-refractivity contribution in [2.45, 2.75) is 0 Å². The van der Waals surface area contributed by atoms with Gasteiger partial charge in [0, 0.05) is 30.3 Å². The normalized spacial score (nSPS) is 10.0. The van der Waals surface area contributed by atoms with Gasteiger partial charge in [0.05, 0.1) is 4.92 Å². The van der Waals surface area contributed by atoms with E-state index in [1.165, 1.54) is 18.2 Å². The number of ketones is 1. The lowest BCUT2D eigenvalue weighted by atomic mass is 10.0. The summed E-state index contributed by atoms with van der Waals surface area (Å²) in [5.74, 6) is -0.291. The smallest absolute Gasteiger partial charge is 0.312 e. The van der Waals surface area contributed by atoms with Gasteiger partial charge in [-0.2, -0.15) is 0 Å². The molecule has 0 aliphatic carbocycles. The number of hydrogen-bond donors (Lipinski definition) is 3. The predicted octanol–water partition coefficient (Wildman–Crippen LogP) is 1.91. The van der Waals surface area contributed by atoms with E-state index in [1.54, 1.807) is 30.3 Å². The highest BCUT2D eigenvalue weighted by molar-refractivity contribution is 6.09. The Morgan fingerprint density at radius 1 is 1.04 bits per heavy atom. The van der Waals surface area contributed by atoms with E-state index in [-0.39, 0.29) is 35.8 Å². The number of nitrogens with two attached hydrogens (primary N) is 1. The Labute approximate surface area is 137 Å². The van der Waals surface area contributed by atoms with Crippen LogP contribution in [0.3, 0.4) is 0 Å². The molecule has 8 heteroatoms. The highest BCUT2D eigenvalue weighted by Gasteiger charge is 2.18. The first-order chi connectivity index (χ1) is 11.5. The maximum Gasteiger partial charge on any atom is 0.312 e. The first kappa shape index (κ1) is 16.9. The van der Waals surface area contributed by atoms with Crippen LogP contribution in [0.1, 0.15) is 15.9 Å². The van der Waals surface area contributed by atoms with Crippen LogP contribution in [0.25, 0.3) is 0 Å². The number of nitrogens with one attached hydrogen (secondary N) is 2. The van der Waals surface area contributed by atoms with Crippen molar-refractivity contribution >= 4 is 23.2 Å². The number of urea groups is 1. The van der Waals surface area contributed by atoms with Gasteiger partial charge in [-0.3, -0.25) is 14.9 Å². The number of nitro benzene ring substituents is 1. The second-order valence-corrected chi connectivity index (χ2v) is 4.90. The summed E-state index contributed by atoms with van der Waals surface area (Å²) >= 11 is 0. The number of nitro groups is 1. The lowest BCUT2D eigenvalue weighted by Crippen LogP contribution is -2.33. The molecule has 0 radical (unpaired) electrons. The van der Waals surface area contributed by atoms with Gasteiger partial charge in [0.25, 0.3) is 5.69 Å². The number of hydrogen-bond acceptors (Lipinski definition) is 5. The predicted molar refractivity (Wildman–Crippen MR) is 89.0 cm³/mol. The van der Waals surface area contributed by atoms with Gasteiger partial charge in [0.2, 0.25) is 0 Å². The quantitative estimate of drug-likeness (QED) is 0.309. The lowest BCUT2D eigenvalue weighted by molar-refractivity contribution is -0.384. The second kappa shape index (κ2) is 7.73. The van der Waals surface area contributed by atoms with Crippen molar-refractivity contribution in [1.29, 1.82) is 0 Å². The minimum atomic E-state index is -0.671. The van der Waals surface area contributed by atoms with E-state index < -0.39 is 11.0 Å². The van der Waals surface area contributed by atoms with Gasteiger partial charge in [0.15, 0.2) is 5.78 Å². The zero-order chi connectivity index (χ0) is 17.5. The van der Waals surface area contributed by atoms with Crippen LogP contribution in [-0.2, 0) is 0 Å². The third-order valence-electron chi connectivity index (χ3n) is 3.23. The molecule has 0 atom stereocenters. The summed E-state index contributed by atoms with van der Waals surface area (Å²) in [6.07, 6.45) is 0. The third-order valence-corrected chi connectivity index (χ3v) is 3.23. The SMILES string of the molecule is NC(=O)NCCNc1ccc(C(=O)c2ccccc2)cc1[N+](=O)[O-]. The van der Waals surface area contributed by atoms with Crippen molar-refractivity contribution < 1.29 is 14.5 Å². The van der Waals surface area contributed by atoms with Crippen molar-refractivity contribution in [2.24, 2.45) is 5.73 Å².